The summed E-state index contributed by atoms with van der Waals surface area (Å²) >= 11 is 3.41. The number of aryl methyl sites for hydroxylation is 1. The topological polar surface area (TPSA) is 0 Å². The van der Waals surface area contributed by atoms with Gasteiger partial charge in [-0.1, -0.05) is 0 Å². The monoisotopic (exact) mass is 244 g/mol. The van der Waals surface area contributed by atoms with Gasteiger partial charge in [0.25, 0.3) is 0 Å². The molecule has 0 fully saturated rings. The van der Waals surface area contributed by atoms with E-state index in [0.717, 1.165) is 0 Å². The van der Waals surface area contributed by atoms with Crippen LogP contribution in [0, 0.1) is 6.92 Å². The van der Waals surface area contributed by atoms with Gasteiger partial charge in [-0.05, 0) is 0 Å². The Morgan fingerprint density at radius 3 is 2.33 bits per heavy atom. The van der Waals surface area contributed by atoms with Gasteiger partial charge in [-0.2, -0.15) is 0 Å². The third-order valence-corrected chi connectivity index (χ3v) is 3.41. The molecule has 0 aliphatic rings. The molecule has 0 radical (unpaired) electrons. The number of rotatable bonds is 0. The number of hydrogen-bond acceptors (Lipinski definition) is 0. The summed E-state index contributed by atoms with van der Waals surface area (Å²) in [6.07, 6.45) is 0. The summed E-state index contributed by atoms with van der Waals surface area (Å²) in [7, 11) is 0. The molecule has 0 aliphatic carbocycles. The Labute approximate surface area is 73.0 Å². The van der Waals surface area contributed by atoms with Gasteiger partial charge in [0, 0.05) is 0 Å². The van der Waals surface area contributed by atoms with Crippen LogP contribution in [-0.2, 0) is 0 Å². The molecule has 0 amide bonds. The normalized spacial score (nSPS) is 9.67. The molecular formula is C7H10As2. The summed E-state index contributed by atoms with van der Waals surface area (Å²) in [6, 6.07) is 6.63. The fourth-order valence-corrected chi connectivity index (χ4v) is 1.80. The Hall–Kier alpha value is 0.337. The standard InChI is InChI=1S/C7H10As2/c1-5-4-6(8)2-3-7(5)9/h2-4H,8-9H2,1H3. The molecule has 0 aromatic heterocycles. The van der Waals surface area contributed by atoms with E-state index in [0.29, 0.717) is 0 Å². The summed E-state index contributed by atoms with van der Waals surface area (Å²) in [5.41, 5.74) is 1.43. The van der Waals surface area contributed by atoms with Gasteiger partial charge >= 0.3 is 73.1 Å². The van der Waals surface area contributed by atoms with Crippen molar-refractivity contribution in [1.82, 2.24) is 0 Å². The van der Waals surface area contributed by atoms with E-state index in [1.165, 1.54) is 14.3 Å². The van der Waals surface area contributed by atoms with Crippen LogP contribution in [0.3, 0.4) is 0 Å². The van der Waals surface area contributed by atoms with Crippen LogP contribution in [-0.4, -0.2) is 33.7 Å². The minimum atomic E-state index is 1.42. The summed E-state index contributed by atoms with van der Waals surface area (Å²) in [5.74, 6) is 0. The average molecular weight is 244 g/mol. The molecule has 0 spiro atoms. The van der Waals surface area contributed by atoms with E-state index in [4.69, 9.17) is 0 Å². The zero-order valence-corrected chi connectivity index (χ0v) is 10.2. The zero-order chi connectivity index (χ0) is 6.85. The van der Waals surface area contributed by atoms with E-state index in [9.17, 15) is 0 Å². The van der Waals surface area contributed by atoms with Crippen molar-refractivity contribution in [2.24, 2.45) is 0 Å². The van der Waals surface area contributed by atoms with Gasteiger partial charge in [0.15, 0.2) is 0 Å². The minimum absolute atomic E-state index is 1.42. The van der Waals surface area contributed by atoms with E-state index in [-0.39, 0.29) is 0 Å². The van der Waals surface area contributed by atoms with Gasteiger partial charge in [0.1, 0.15) is 0 Å². The molecule has 2 atom stereocenters. The van der Waals surface area contributed by atoms with E-state index >= 15 is 0 Å². The van der Waals surface area contributed by atoms with Crippen LogP contribution >= 0.6 is 0 Å². The molecule has 0 bridgehead atoms. The first kappa shape index (κ1) is 7.44. The van der Waals surface area contributed by atoms with Crippen LogP contribution in [0.1, 0.15) is 5.56 Å². The number of hydrogen-bond donors (Lipinski definition) is 0. The summed E-state index contributed by atoms with van der Waals surface area (Å²) in [5, 5.41) is 0. The van der Waals surface area contributed by atoms with Crippen molar-refractivity contribution in [2.45, 2.75) is 6.92 Å². The maximum atomic E-state index is 2.25. The Kier molecular flexibility index (Phi) is 2.44. The second-order valence-electron chi connectivity index (χ2n) is 2.12. The van der Waals surface area contributed by atoms with Crippen LogP contribution in [0.5, 0.6) is 0 Å². The van der Waals surface area contributed by atoms with Crippen molar-refractivity contribution in [3.63, 3.8) is 0 Å². The fourth-order valence-electron chi connectivity index (χ4n) is 0.699. The Morgan fingerprint density at radius 2 is 1.89 bits per heavy atom. The van der Waals surface area contributed by atoms with Crippen molar-refractivity contribution >= 4 is 42.4 Å². The van der Waals surface area contributed by atoms with Crippen molar-refractivity contribution in [2.75, 3.05) is 0 Å². The van der Waals surface area contributed by atoms with Gasteiger partial charge in [-0.15, -0.1) is 0 Å². The zero-order valence-electron chi connectivity index (χ0n) is 5.39. The molecule has 2 unspecified atom stereocenters. The molecule has 2 heteroatoms. The molecular weight excluding hydrogens is 234 g/mol. The maximum absolute atomic E-state index is 2.25. The van der Waals surface area contributed by atoms with Gasteiger partial charge in [0.2, 0.25) is 0 Å². The SMILES string of the molecule is Cc1cc([AsH2])ccc1[AsH2]. The van der Waals surface area contributed by atoms with E-state index in [2.05, 4.69) is 25.1 Å². The Morgan fingerprint density at radius 1 is 1.22 bits per heavy atom. The first-order valence-electron chi connectivity index (χ1n) is 2.82. The van der Waals surface area contributed by atoms with E-state index < -0.39 is 0 Å². The van der Waals surface area contributed by atoms with Crippen LogP contribution in [0.25, 0.3) is 0 Å². The molecule has 0 aliphatic heterocycles. The average Bonchev–Trinajstić information content (AvgIpc) is 1.80. The first-order valence-corrected chi connectivity index (χ1v) is 5.24. The quantitative estimate of drug-likeness (QED) is 0.488. The van der Waals surface area contributed by atoms with Crippen LogP contribution in [0.15, 0.2) is 18.2 Å². The molecule has 48 valence electrons. The Balaban J connectivity index is 3.17. The molecule has 1 rings (SSSR count). The third kappa shape index (κ3) is 1.88. The number of benzene rings is 1. The van der Waals surface area contributed by atoms with Gasteiger partial charge in [-0.25, -0.2) is 0 Å². The molecule has 9 heavy (non-hydrogen) atoms. The fraction of sp³-hybridized carbons (Fsp3) is 0.143. The van der Waals surface area contributed by atoms with Crippen molar-refractivity contribution < 1.29 is 0 Å². The van der Waals surface area contributed by atoms with Crippen LogP contribution < -0.4 is 8.70 Å². The second-order valence-corrected chi connectivity index (χ2v) is 4.82. The molecule has 1 aromatic rings. The van der Waals surface area contributed by atoms with Crippen molar-refractivity contribution in [3.8, 4) is 0 Å². The summed E-state index contributed by atoms with van der Waals surface area (Å²) < 4.78 is 2.87. The second kappa shape index (κ2) is 2.95. The van der Waals surface area contributed by atoms with Crippen LogP contribution in [0.4, 0.5) is 0 Å². The molecule has 1 aromatic carbocycles. The van der Waals surface area contributed by atoms with Gasteiger partial charge in [0.05, 0.1) is 0 Å². The third-order valence-electron chi connectivity index (χ3n) is 1.29. The first-order chi connectivity index (χ1) is 4.20. The van der Waals surface area contributed by atoms with E-state index in [1.54, 1.807) is 33.7 Å². The van der Waals surface area contributed by atoms with E-state index in [1.807, 2.05) is 0 Å². The van der Waals surface area contributed by atoms with Crippen molar-refractivity contribution in [1.29, 1.82) is 0 Å². The van der Waals surface area contributed by atoms with Crippen LogP contribution in [0.2, 0.25) is 0 Å². The van der Waals surface area contributed by atoms with Gasteiger partial charge < -0.3 is 0 Å². The molecule has 0 saturated carbocycles. The molecule has 0 nitrogen and oxygen atoms in total. The van der Waals surface area contributed by atoms with Crippen molar-refractivity contribution in [3.05, 3.63) is 23.8 Å². The summed E-state index contributed by atoms with van der Waals surface area (Å²) in [4.78, 5) is 0. The predicted molar refractivity (Wildman–Crippen MR) is 47.5 cm³/mol. The predicted octanol–water partition coefficient (Wildman–Crippen LogP) is -1.49. The molecule has 0 heterocycles. The summed E-state index contributed by atoms with van der Waals surface area (Å²) in [6.45, 7) is 2.17. The van der Waals surface area contributed by atoms with Gasteiger partial charge in [-0.3, -0.25) is 0 Å². The molecule has 0 saturated heterocycles. The molecule has 0 N–H and O–H groups in total. The Bertz CT molecular complexity index is 218.